The molecule has 1 aromatic rings. The highest BCUT2D eigenvalue weighted by Crippen LogP contribution is 2.58. The van der Waals surface area contributed by atoms with Crippen LogP contribution in [0.5, 0.6) is 0 Å². The highest BCUT2D eigenvalue weighted by Gasteiger charge is 2.76. The van der Waals surface area contributed by atoms with Crippen molar-refractivity contribution in [3.8, 4) is 0 Å². The molecule has 2 amide bonds. The first kappa shape index (κ1) is 43.6. The lowest BCUT2D eigenvalue weighted by Crippen LogP contribution is -2.71. The maximum absolute atomic E-state index is 14.9. The van der Waals surface area contributed by atoms with E-state index in [1.54, 1.807) is 38.1 Å². The van der Waals surface area contributed by atoms with Crippen LogP contribution in [0.1, 0.15) is 104 Å². The molecule has 58 heavy (non-hydrogen) atoms. The average molecular weight is 814 g/mol. The van der Waals surface area contributed by atoms with Gasteiger partial charge in [0.15, 0.2) is 11.8 Å². The van der Waals surface area contributed by atoms with E-state index < -0.39 is 95.0 Å². The summed E-state index contributed by atoms with van der Waals surface area (Å²) >= 11 is 0. The molecule has 6 rings (SSSR count). The smallest absolute Gasteiger partial charge is 0.348 e. The molecule has 9 atom stereocenters. The Morgan fingerprint density at radius 2 is 1.71 bits per heavy atom. The van der Waals surface area contributed by atoms with Crippen LogP contribution >= 0.6 is 0 Å². The van der Waals surface area contributed by atoms with Crippen LogP contribution in [0.4, 0.5) is 0 Å². The quantitative estimate of drug-likeness (QED) is 0.0686. The summed E-state index contributed by atoms with van der Waals surface area (Å²) in [5.41, 5.74) is -1.13. The number of aliphatic hydroxyl groups is 2. The summed E-state index contributed by atoms with van der Waals surface area (Å²) in [6, 6.07) is 4.38. The van der Waals surface area contributed by atoms with Crippen molar-refractivity contribution in [3.63, 3.8) is 0 Å². The number of rotatable bonds is 19. The van der Waals surface area contributed by atoms with Crippen molar-refractivity contribution in [2.75, 3.05) is 19.8 Å². The van der Waals surface area contributed by atoms with Gasteiger partial charge in [-0.05, 0) is 37.0 Å². The van der Waals surface area contributed by atoms with E-state index in [0.717, 1.165) is 38.5 Å². The van der Waals surface area contributed by atoms with Crippen LogP contribution in [-0.2, 0) is 59.0 Å². The fourth-order valence-corrected chi connectivity index (χ4v) is 8.92. The molecule has 0 spiro atoms. The average Bonchev–Trinajstić information content (AvgIpc) is 3.83. The molecule has 5 aliphatic rings. The zero-order valence-electron chi connectivity index (χ0n) is 34.1. The van der Waals surface area contributed by atoms with E-state index in [0.29, 0.717) is 24.0 Å². The molecule has 16 nitrogen and oxygen atoms in total. The monoisotopic (exact) mass is 813 g/mol. The molecule has 0 radical (unpaired) electrons. The van der Waals surface area contributed by atoms with Gasteiger partial charge in [0.25, 0.3) is 0 Å². The Bertz CT molecular complexity index is 1710. The number of esters is 3. The van der Waals surface area contributed by atoms with Crippen molar-refractivity contribution in [1.82, 2.24) is 15.7 Å². The predicted octanol–water partition coefficient (Wildman–Crippen LogP) is 2.61. The van der Waals surface area contributed by atoms with Gasteiger partial charge in [0, 0.05) is 37.3 Å². The molecule has 16 heteroatoms. The Kier molecular flexibility index (Phi) is 13.6. The number of nitrogens with one attached hydrogen (secondary N) is 2. The van der Waals surface area contributed by atoms with Crippen molar-refractivity contribution in [2.24, 2.45) is 10.8 Å². The summed E-state index contributed by atoms with van der Waals surface area (Å²) in [4.78, 5) is 74.2. The van der Waals surface area contributed by atoms with E-state index in [1.807, 2.05) is 0 Å². The van der Waals surface area contributed by atoms with Crippen LogP contribution in [0, 0.1) is 10.8 Å². The van der Waals surface area contributed by atoms with Crippen LogP contribution in [-0.4, -0.2) is 119 Å². The van der Waals surface area contributed by atoms with Gasteiger partial charge in [-0.25, -0.2) is 9.59 Å². The Labute approximate surface area is 339 Å². The Hall–Kier alpha value is -3.93. The second-order valence-electron chi connectivity index (χ2n) is 16.9. The van der Waals surface area contributed by atoms with Gasteiger partial charge in [0.1, 0.15) is 42.5 Å². The number of fused-ring (bicyclic) bond motifs is 4. The minimum Gasteiger partial charge on any atom is -0.462 e. The fourth-order valence-electron chi connectivity index (χ4n) is 8.92. The molecule has 5 fully saturated rings. The van der Waals surface area contributed by atoms with E-state index in [4.69, 9.17) is 28.5 Å². The minimum atomic E-state index is -1.64. The molecule has 1 saturated carbocycles. The maximum Gasteiger partial charge on any atom is 0.348 e. The SMILES string of the molecule is CCCCCC1(CCCCC)O[C@@H]2[C@H](O1)[C@H]1ON(Cc3ccccc3C=CC(=O)O[C@H]3C(=O)OCC3(C)C)[C@@H]3C(=O)O[C@@H]2C[C@]13C(=O)N[C@@H](C(=O)NCCO)[C@H](C)O. The topological polar surface area (TPSA) is 208 Å². The van der Waals surface area contributed by atoms with Crippen molar-refractivity contribution in [3.05, 3.63) is 41.5 Å². The highest BCUT2D eigenvalue weighted by molar-refractivity contribution is 5.96. The van der Waals surface area contributed by atoms with Gasteiger partial charge in [-0.15, -0.1) is 0 Å². The standard InChI is InChI=1S/C42H59N3O13/c1-6-8-12-18-41(19-13-9-7-2)56-31-28-22-42(39(52)44-30(25(3)47)36(49)43-20-21-46)33(37(50)54-28)45(58-34(42)32(31)57-41)23-27-15-11-10-14-26(27)16-17-29(48)55-35-38(51)53-24-40(35,4)5/h10-11,14-17,25,28,30-35,46-47H,6-9,12-13,18-24H2,1-5H3,(H,43,49)(H,44,52)/t25-,28+,30+,31-,32-,33+,34+,35-,42+/m0/s1. The van der Waals surface area contributed by atoms with Crippen LogP contribution < -0.4 is 10.6 Å². The molecule has 4 N–H and O–H groups in total. The molecule has 1 aliphatic carbocycles. The van der Waals surface area contributed by atoms with Crippen LogP contribution in [0.25, 0.3) is 6.08 Å². The Morgan fingerprint density at radius 3 is 2.34 bits per heavy atom. The highest BCUT2D eigenvalue weighted by atomic mass is 16.8. The second-order valence-corrected chi connectivity index (χ2v) is 16.9. The first-order valence-electron chi connectivity index (χ1n) is 20.7. The number of carbonyl (C=O) groups is 5. The fraction of sp³-hybridized carbons (Fsp3) is 0.690. The number of ether oxygens (including phenoxy) is 5. The summed E-state index contributed by atoms with van der Waals surface area (Å²) in [6.07, 6.45) is 3.68. The van der Waals surface area contributed by atoms with Gasteiger partial charge in [0.05, 0.1) is 19.3 Å². The van der Waals surface area contributed by atoms with E-state index in [9.17, 15) is 34.2 Å². The molecule has 4 saturated heterocycles. The molecule has 320 valence electrons. The molecular weight excluding hydrogens is 754 g/mol. The third-order valence-electron chi connectivity index (χ3n) is 12.0. The van der Waals surface area contributed by atoms with Gasteiger partial charge in [-0.2, -0.15) is 5.06 Å². The summed E-state index contributed by atoms with van der Waals surface area (Å²) in [5, 5.41) is 26.6. The van der Waals surface area contributed by atoms with Crippen LogP contribution in [0.3, 0.4) is 0 Å². The summed E-state index contributed by atoms with van der Waals surface area (Å²) in [6.45, 7) is 8.79. The number of nitrogens with zero attached hydrogens (tertiary/aromatic N) is 1. The van der Waals surface area contributed by atoms with E-state index in [2.05, 4.69) is 24.5 Å². The number of hydrogen-bond acceptors (Lipinski definition) is 14. The van der Waals surface area contributed by atoms with Gasteiger partial charge in [0.2, 0.25) is 17.9 Å². The molecule has 2 bridgehead atoms. The Balaban J connectivity index is 1.33. The lowest BCUT2D eigenvalue weighted by Gasteiger charge is -2.49. The maximum atomic E-state index is 14.9. The predicted molar refractivity (Wildman–Crippen MR) is 206 cm³/mol. The normalized spacial score (nSPS) is 30.3. The second kappa shape index (κ2) is 18.1. The number of aliphatic hydroxyl groups excluding tert-OH is 2. The summed E-state index contributed by atoms with van der Waals surface area (Å²) in [5.74, 6) is -4.46. The summed E-state index contributed by atoms with van der Waals surface area (Å²) in [7, 11) is 0. The number of unbranched alkanes of at least 4 members (excludes halogenated alkanes) is 4. The number of cyclic esters (lactones) is 1. The zero-order chi connectivity index (χ0) is 41.8. The first-order valence-corrected chi connectivity index (χ1v) is 20.7. The van der Waals surface area contributed by atoms with Crippen molar-refractivity contribution >= 4 is 35.8 Å². The third-order valence-corrected chi connectivity index (χ3v) is 12.0. The van der Waals surface area contributed by atoms with Gasteiger partial charge in [-0.1, -0.05) is 77.6 Å². The first-order chi connectivity index (χ1) is 27.7. The van der Waals surface area contributed by atoms with E-state index >= 15 is 0 Å². The number of carbonyl (C=O) groups excluding carboxylic acids is 5. The number of hydrogen-bond donors (Lipinski definition) is 4. The lowest BCUT2D eigenvalue weighted by molar-refractivity contribution is -0.224. The van der Waals surface area contributed by atoms with Crippen LogP contribution in [0.2, 0.25) is 0 Å². The number of hydroxylamine groups is 2. The minimum absolute atomic E-state index is 0.000931. The van der Waals surface area contributed by atoms with Gasteiger partial charge in [-0.3, -0.25) is 19.2 Å². The van der Waals surface area contributed by atoms with Gasteiger partial charge >= 0.3 is 17.9 Å². The van der Waals surface area contributed by atoms with Crippen LogP contribution in [0.15, 0.2) is 30.3 Å². The third kappa shape index (κ3) is 8.68. The van der Waals surface area contributed by atoms with E-state index in [1.165, 1.54) is 24.1 Å². The molecule has 0 aromatic heterocycles. The molecule has 4 heterocycles. The number of benzene rings is 1. The Morgan fingerprint density at radius 1 is 1.02 bits per heavy atom. The molecule has 0 unspecified atom stereocenters. The van der Waals surface area contributed by atoms with Crippen molar-refractivity contribution in [1.29, 1.82) is 0 Å². The van der Waals surface area contributed by atoms with Crippen molar-refractivity contribution in [2.45, 2.75) is 153 Å². The summed E-state index contributed by atoms with van der Waals surface area (Å²) < 4.78 is 30.4. The lowest BCUT2D eigenvalue weighted by atomic mass is 9.62. The number of amides is 2. The molecule has 1 aromatic carbocycles. The van der Waals surface area contributed by atoms with E-state index in [-0.39, 0.29) is 32.7 Å². The van der Waals surface area contributed by atoms with Crippen molar-refractivity contribution < 1.29 is 62.7 Å². The molecular formula is C42H59N3O13. The largest absolute Gasteiger partial charge is 0.462 e. The zero-order valence-corrected chi connectivity index (χ0v) is 34.1. The molecule has 4 aliphatic heterocycles. The van der Waals surface area contributed by atoms with Gasteiger partial charge < -0.3 is 44.5 Å².